The summed E-state index contributed by atoms with van der Waals surface area (Å²) in [6, 6.07) is 2.63. The molecule has 0 bridgehead atoms. The van der Waals surface area contributed by atoms with Crippen molar-refractivity contribution in [3.63, 3.8) is 0 Å². The van der Waals surface area contributed by atoms with Crippen LogP contribution in [-0.2, 0) is 6.54 Å². The molecule has 0 atom stereocenters. The van der Waals surface area contributed by atoms with Crippen LogP contribution in [0.1, 0.15) is 24.8 Å². The van der Waals surface area contributed by atoms with E-state index in [2.05, 4.69) is 21.2 Å². The van der Waals surface area contributed by atoms with Crippen molar-refractivity contribution in [2.45, 2.75) is 31.3 Å². The van der Waals surface area contributed by atoms with E-state index in [-0.39, 0.29) is 22.1 Å². The Morgan fingerprint density at radius 2 is 2.06 bits per heavy atom. The van der Waals surface area contributed by atoms with E-state index in [1.807, 2.05) is 0 Å². The molecule has 1 aromatic rings. The molecule has 0 aromatic heterocycles. The fraction of sp³-hybridized carbons (Fsp3) is 0.500. The predicted octanol–water partition coefficient (Wildman–Crippen LogP) is 3.98. The lowest BCUT2D eigenvalue weighted by molar-refractivity contribution is 0.209. The molecule has 1 aliphatic rings. The normalized spacial score (nSPS) is 17.9. The highest BCUT2D eigenvalue weighted by Gasteiger charge is 2.35. The zero-order chi connectivity index (χ0) is 12.5. The van der Waals surface area contributed by atoms with Crippen LogP contribution < -0.4 is 5.32 Å². The summed E-state index contributed by atoms with van der Waals surface area (Å²) >= 11 is 8.93. The van der Waals surface area contributed by atoms with E-state index in [0.717, 1.165) is 19.3 Å². The molecular weight excluding hydrogens is 311 g/mol. The van der Waals surface area contributed by atoms with Gasteiger partial charge in [0.15, 0.2) is 0 Å². The second kappa shape index (κ2) is 5.21. The Bertz CT molecular complexity index is 416. The van der Waals surface area contributed by atoms with Gasteiger partial charge in [0.05, 0.1) is 4.47 Å². The molecule has 5 heteroatoms. The Morgan fingerprint density at radius 3 is 2.59 bits per heavy atom. The van der Waals surface area contributed by atoms with Gasteiger partial charge in [-0.3, -0.25) is 0 Å². The van der Waals surface area contributed by atoms with Crippen LogP contribution >= 0.6 is 27.5 Å². The van der Waals surface area contributed by atoms with Crippen LogP contribution in [0, 0.1) is 11.6 Å². The molecule has 1 fully saturated rings. The van der Waals surface area contributed by atoms with E-state index in [4.69, 9.17) is 11.6 Å². The molecule has 1 N–H and O–H groups in total. The second-order valence-electron chi connectivity index (χ2n) is 4.44. The Morgan fingerprint density at radius 1 is 1.35 bits per heavy atom. The summed E-state index contributed by atoms with van der Waals surface area (Å²) in [5, 5.41) is 3.17. The van der Waals surface area contributed by atoms with Gasteiger partial charge in [0.2, 0.25) is 0 Å². The summed E-state index contributed by atoms with van der Waals surface area (Å²) in [6.45, 7) is 0.170. The number of alkyl halides is 1. The number of halogens is 4. The van der Waals surface area contributed by atoms with Gasteiger partial charge in [-0.05, 0) is 47.3 Å². The van der Waals surface area contributed by atoms with Crippen molar-refractivity contribution in [3.8, 4) is 0 Å². The molecule has 0 radical (unpaired) electrons. The van der Waals surface area contributed by atoms with Crippen molar-refractivity contribution in [1.82, 2.24) is 5.32 Å². The van der Waals surface area contributed by atoms with Gasteiger partial charge < -0.3 is 5.32 Å². The fourth-order valence-electron chi connectivity index (χ4n) is 1.97. The molecule has 0 aliphatic heterocycles. The molecule has 0 spiro atoms. The molecule has 1 aromatic carbocycles. The van der Waals surface area contributed by atoms with Gasteiger partial charge in [-0.15, -0.1) is 11.6 Å². The molecule has 2 rings (SSSR count). The summed E-state index contributed by atoms with van der Waals surface area (Å²) < 4.78 is 27.5. The van der Waals surface area contributed by atoms with Crippen LogP contribution in [-0.4, -0.2) is 11.4 Å². The molecule has 0 saturated heterocycles. The van der Waals surface area contributed by atoms with E-state index in [0.29, 0.717) is 5.88 Å². The summed E-state index contributed by atoms with van der Waals surface area (Å²) in [6.07, 6.45) is 3.05. The van der Waals surface area contributed by atoms with Crippen molar-refractivity contribution < 1.29 is 8.78 Å². The Kier molecular flexibility index (Phi) is 4.06. The van der Waals surface area contributed by atoms with Gasteiger partial charge in [-0.25, -0.2) is 8.78 Å². The SMILES string of the molecule is Fc1ccc(Br)c(F)c1CNC1(CCl)CCC1. The third-order valence-electron chi connectivity index (χ3n) is 3.35. The van der Waals surface area contributed by atoms with Crippen LogP contribution in [0.4, 0.5) is 8.78 Å². The van der Waals surface area contributed by atoms with E-state index < -0.39 is 11.6 Å². The lowest BCUT2D eigenvalue weighted by Gasteiger charge is -2.41. The highest BCUT2D eigenvalue weighted by atomic mass is 79.9. The standard InChI is InChI=1S/C12H13BrClF2N/c13-9-2-3-10(15)8(11(9)16)6-17-12(7-14)4-1-5-12/h2-3,17H,1,4-7H2. The lowest BCUT2D eigenvalue weighted by Crippen LogP contribution is -2.52. The van der Waals surface area contributed by atoms with Gasteiger partial charge in [0.1, 0.15) is 11.6 Å². The maximum Gasteiger partial charge on any atom is 0.144 e. The largest absolute Gasteiger partial charge is 0.306 e. The van der Waals surface area contributed by atoms with Crippen LogP contribution in [0.2, 0.25) is 0 Å². The monoisotopic (exact) mass is 323 g/mol. The Balaban J connectivity index is 2.11. The summed E-state index contributed by atoms with van der Waals surface area (Å²) in [5.74, 6) is -0.590. The van der Waals surface area contributed by atoms with E-state index in [9.17, 15) is 8.78 Å². The van der Waals surface area contributed by atoms with Crippen LogP contribution in [0.25, 0.3) is 0 Å². The molecule has 94 valence electrons. The molecule has 0 heterocycles. The number of benzene rings is 1. The molecule has 1 saturated carbocycles. The molecule has 1 nitrogen and oxygen atoms in total. The first-order valence-corrected chi connectivity index (χ1v) is 6.84. The Labute approximate surface area is 113 Å². The second-order valence-corrected chi connectivity index (χ2v) is 5.56. The predicted molar refractivity (Wildman–Crippen MR) is 68.2 cm³/mol. The minimum Gasteiger partial charge on any atom is -0.306 e. The average molecular weight is 325 g/mol. The van der Waals surface area contributed by atoms with Gasteiger partial charge in [0.25, 0.3) is 0 Å². The summed E-state index contributed by atoms with van der Waals surface area (Å²) in [5.41, 5.74) is -0.0706. The van der Waals surface area contributed by atoms with Gasteiger partial charge >= 0.3 is 0 Å². The Hall–Kier alpha value is -0.190. The quantitative estimate of drug-likeness (QED) is 0.652. The first-order chi connectivity index (χ1) is 8.08. The van der Waals surface area contributed by atoms with Gasteiger partial charge in [0, 0.05) is 23.5 Å². The van der Waals surface area contributed by atoms with Crippen LogP contribution in [0.15, 0.2) is 16.6 Å². The lowest BCUT2D eigenvalue weighted by atomic mass is 9.78. The van der Waals surface area contributed by atoms with E-state index >= 15 is 0 Å². The fourth-order valence-corrected chi connectivity index (χ4v) is 2.70. The van der Waals surface area contributed by atoms with Crippen molar-refractivity contribution in [3.05, 3.63) is 33.8 Å². The van der Waals surface area contributed by atoms with Gasteiger partial charge in [-0.1, -0.05) is 0 Å². The van der Waals surface area contributed by atoms with Crippen LogP contribution in [0.3, 0.4) is 0 Å². The molecule has 0 unspecified atom stereocenters. The summed E-state index contributed by atoms with van der Waals surface area (Å²) in [4.78, 5) is 0. The highest BCUT2D eigenvalue weighted by Crippen LogP contribution is 2.33. The maximum atomic E-state index is 13.7. The molecule has 0 amide bonds. The van der Waals surface area contributed by atoms with Crippen molar-refractivity contribution >= 4 is 27.5 Å². The maximum absolute atomic E-state index is 13.7. The van der Waals surface area contributed by atoms with Crippen LogP contribution in [0.5, 0.6) is 0 Å². The molecule has 17 heavy (non-hydrogen) atoms. The topological polar surface area (TPSA) is 12.0 Å². The third kappa shape index (κ3) is 2.64. The van der Waals surface area contributed by atoms with Crippen molar-refractivity contribution in [2.75, 3.05) is 5.88 Å². The summed E-state index contributed by atoms with van der Waals surface area (Å²) in [7, 11) is 0. The number of hydrogen-bond acceptors (Lipinski definition) is 1. The van der Waals surface area contributed by atoms with Crippen molar-refractivity contribution in [2.24, 2.45) is 0 Å². The number of rotatable bonds is 4. The van der Waals surface area contributed by atoms with E-state index in [1.165, 1.54) is 12.1 Å². The van der Waals surface area contributed by atoms with Crippen molar-refractivity contribution in [1.29, 1.82) is 0 Å². The van der Waals surface area contributed by atoms with E-state index in [1.54, 1.807) is 0 Å². The first kappa shape index (κ1) is 13.2. The molecular formula is C12H13BrClF2N. The highest BCUT2D eigenvalue weighted by molar-refractivity contribution is 9.10. The zero-order valence-electron chi connectivity index (χ0n) is 9.20. The zero-order valence-corrected chi connectivity index (χ0v) is 11.5. The van der Waals surface area contributed by atoms with Gasteiger partial charge in [-0.2, -0.15) is 0 Å². The minimum absolute atomic E-state index is 0.0655. The smallest absolute Gasteiger partial charge is 0.144 e. The number of nitrogens with one attached hydrogen (secondary N) is 1. The number of hydrogen-bond donors (Lipinski definition) is 1. The third-order valence-corrected chi connectivity index (χ3v) is 4.47. The first-order valence-electron chi connectivity index (χ1n) is 5.51. The average Bonchev–Trinajstić information content (AvgIpc) is 2.27. The molecule has 1 aliphatic carbocycles. The minimum atomic E-state index is -0.540.